The Labute approximate surface area is 66.7 Å². The number of aliphatic hydroxyl groups excluding tert-OH is 3. The molecule has 0 saturated heterocycles. The van der Waals surface area contributed by atoms with Gasteiger partial charge < -0.3 is 15.3 Å². The van der Waals surface area contributed by atoms with Gasteiger partial charge in [-0.1, -0.05) is 20.8 Å². The standard InChI is InChI=1S/C8H16O3/c1-4-5(9)6(10)7(11)8(4,2)3/h4-7,9-11H,1-3H3. The number of hydrogen-bond donors (Lipinski definition) is 3. The van der Waals surface area contributed by atoms with Crippen molar-refractivity contribution >= 4 is 0 Å². The fourth-order valence-electron chi connectivity index (χ4n) is 1.63. The van der Waals surface area contributed by atoms with Crippen molar-refractivity contribution in [2.24, 2.45) is 11.3 Å². The second-order valence-electron chi connectivity index (χ2n) is 4.04. The Morgan fingerprint density at radius 1 is 1.00 bits per heavy atom. The normalized spacial score (nSPS) is 49.6. The van der Waals surface area contributed by atoms with E-state index in [-0.39, 0.29) is 5.92 Å². The Hall–Kier alpha value is -0.120. The molecule has 1 fully saturated rings. The molecular formula is C8H16O3. The lowest BCUT2D eigenvalue weighted by molar-refractivity contribution is -0.0374. The summed E-state index contributed by atoms with van der Waals surface area (Å²) in [6.45, 7) is 5.54. The third-order valence-corrected chi connectivity index (χ3v) is 3.12. The van der Waals surface area contributed by atoms with Crippen LogP contribution in [0, 0.1) is 11.3 Å². The lowest BCUT2D eigenvalue weighted by Gasteiger charge is -2.27. The summed E-state index contributed by atoms with van der Waals surface area (Å²) < 4.78 is 0. The van der Waals surface area contributed by atoms with Gasteiger partial charge in [-0.05, 0) is 11.3 Å². The SMILES string of the molecule is CC1C(O)C(O)C(O)C1(C)C. The van der Waals surface area contributed by atoms with E-state index in [4.69, 9.17) is 0 Å². The van der Waals surface area contributed by atoms with Crippen LogP contribution in [0.3, 0.4) is 0 Å². The topological polar surface area (TPSA) is 60.7 Å². The van der Waals surface area contributed by atoms with Crippen molar-refractivity contribution in [3.63, 3.8) is 0 Å². The molecule has 0 aromatic carbocycles. The van der Waals surface area contributed by atoms with E-state index in [0.29, 0.717) is 0 Å². The monoisotopic (exact) mass is 160 g/mol. The summed E-state index contributed by atoms with van der Waals surface area (Å²) in [5, 5.41) is 28.1. The third kappa shape index (κ3) is 1.08. The van der Waals surface area contributed by atoms with E-state index >= 15 is 0 Å². The minimum atomic E-state index is -0.986. The van der Waals surface area contributed by atoms with Gasteiger partial charge in [0.1, 0.15) is 6.10 Å². The number of rotatable bonds is 0. The fraction of sp³-hybridized carbons (Fsp3) is 1.00. The highest BCUT2D eigenvalue weighted by Gasteiger charge is 2.51. The predicted molar refractivity (Wildman–Crippen MR) is 41.0 cm³/mol. The lowest BCUT2D eigenvalue weighted by atomic mass is 9.81. The Balaban J connectivity index is 2.87. The van der Waals surface area contributed by atoms with Gasteiger partial charge in [-0.2, -0.15) is 0 Å². The van der Waals surface area contributed by atoms with Crippen molar-refractivity contribution in [2.45, 2.75) is 39.1 Å². The van der Waals surface area contributed by atoms with E-state index in [1.54, 1.807) is 0 Å². The van der Waals surface area contributed by atoms with Crippen molar-refractivity contribution in [3.8, 4) is 0 Å². The maximum absolute atomic E-state index is 9.46. The van der Waals surface area contributed by atoms with Crippen LogP contribution in [0.15, 0.2) is 0 Å². The highest BCUT2D eigenvalue weighted by Crippen LogP contribution is 2.42. The molecule has 1 aliphatic carbocycles. The molecule has 3 heteroatoms. The van der Waals surface area contributed by atoms with E-state index in [0.717, 1.165) is 0 Å². The van der Waals surface area contributed by atoms with Crippen molar-refractivity contribution in [1.29, 1.82) is 0 Å². The highest BCUT2D eigenvalue weighted by atomic mass is 16.4. The lowest BCUT2D eigenvalue weighted by Crippen LogP contribution is -2.33. The van der Waals surface area contributed by atoms with Gasteiger partial charge >= 0.3 is 0 Å². The zero-order chi connectivity index (χ0) is 8.81. The van der Waals surface area contributed by atoms with Gasteiger partial charge in [0.05, 0.1) is 12.2 Å². The first-order valence-corrected chi connectivity index (χ1v) is 3.93. The summed E-state index contributed by atoms with van der Waals surface area (Å²) in [6, 6.07) is 0. The Morgan fingerprint density at radius 3 is 1.55 bits per heavy atom. The van der Waals surface area contributed by atoms with Crippen molar-refractivity contribution in [3.05, 3.63) is 0 Å². The van der Waals surface area contributed by atoms with Crippen LogP contribution in [-0.2, 0) is 0 Å². The molecule has 1 rings (SSSR count). The second-order valence-corrected chi connectivity index (χ2v) is 4.04. The maximum Gasteiger partial charge on any atom is 0.106 e. The smallest absolute Gasteiger partial charge is 0.106 e. The molecule has 0 aromatic rings. The zero-order valence-electron chi connectivity index (χ0n) is 7.15. The Bertz CT molecular complexity index is 139. The van der Waals surface area contributed by atoms with Gasteiger partial charge in [-0.15, -0.1) is 0 Å². The van der Waals surface area contributed by atoms with Crippen molar-refractivity contribution < 1.29 is 15.3 Å². The van der Waals surface area contributed by atoms with Crippen LogP contribution < -0.4 is 0 Å². The first-order chi connectivity index (χ1) is 4.89. The van der Waals surface area contributed by atoms with Crippen LogP contribution in [0.2, 0.25) is 0 Å². The fourth-order valence-corrected chi connectivity index (χ4v) is 1.63. The van der Waals surface area contributed by atoms with Gasteiger partial charge in [-0.3, -0.25) is 0 Å². The molecule has 0 bridgehead atoms. The minimum absolute atomic E-state index is 0.0625. The van der Waals surface area contributed by atoms with E-state index in [9.17, 15) is 15.3 Å². The van der Waals surface area contributed by atoms with E-state index < -0.39 is 23.7 Å². The Morgan fingerprint density at radius 2 is 1.45 bits per heavy atom. The summed E-state index contributed by atoms with van der Waals surface area (Å²) in [7, 11) is 0. The molecule has 11 heavy (non-hydrogen) atoms. The van der Waals surface area contributed by atoms with Crippen LogP contribution >= 0.6 is 0 Å². The number of hydrogen-bond acceptors (Lipinski definition) is 3. The molecule has 0 spiro atoms. The molecule has 0 radical (unpaired) electrons. The van der Waals surface area contributed by atoms with Gasteiger partial charge in [-0.25, -0.2) is 0 Å². The third-order valence-electron chi connectivity index (χ3n) is 3.12. The molecule has 4 atom stereocenters. The van der Waals surface area contributed by atoms with Gasteiger partial charge in [0.15, 0.2) is 0 Å². The van der Waals surface area contributed by atoms with Crippen LogP contribution in [-0.4, -0.2) is 33.6 Å². The van der Waals surface area contributed by atoms with E-state index in [2.05, 4.69) is 0 Å². The summed E-state index contributed by atoms with van der Waals surface area (Å²) in [6.07, 6.45) is -2.59. The predicted octanol–water partition coefficient (Wildman–Crippen LogP) is -0.255. The molecular weight excluding hydrogens is 144 g/mol. The molecule has 3 nitrogen and oxygen atoms in total. The van der Waals surface area contributed by atoms with Gasteiger partial charge in [0.2, 0.25) is 0 Å². The summed E-state index contributed by atoms with van der Waals surface area (Å²) in [5.74, 6) is -0.0625. The highest BCUT2D eigenvalue weighted by molar-refractivity contribution is 5.01. The van der Waals surface area contributed by atoms with Crippen molar-refractivity contribution in [1.82, 2.24) is 0 Å². The van der Waals surface area contributed by atoms with Crippen LogP contribution in [0.25, 0.3) is 0 Å². The van der Waals surface area contributed by atoms with E-state index in [1.165, 1.54) is 0 Å². The first kappa shape index (κ1) is 8.97. The van der Waals surface area contributed by atoms with Gasteiger partial charge in [0, 0.05) is 0 Å². The quantitative estimate of drug-likeness (QED) is 0.458. The molecule has 1 aliphatic rings. The summed E-state index contributed by atoms with van der Waals surface area (Å²) in [4.78, 5) is 0. The molecule has 0 aliphatic heterocycles. The van der Waals surface area contributed by atoms with Crippen LogP contribution in [0.5, 0.6) is 0 Å². The number of aliphatic hydroxyl groups is 3. The molecule has 0 amide bonds. The van der Waals surface area contributed by atoms with E-state index in [1.807, 2.05) is 20.8 Å². The molecule has 0 heterocycles. The first-order valence-electron chi connectivity index (χ1n) is 3.93. The largest absolute Gasteiger partial charge is 0.390 e. The molecule has 0 aromatic heterocycles. The molecule has 1 saturated carbocycles. The van der Waals surface area contributed by atoms with Crippen LogP contribution in [0.1, 0.15) is 20.8 Å². The molecule has 3 N–H and O–H groups in total. The van der Waals surface area contributed by atoms with Gasteiger partial charge in [0.25, 0.3) is 0 Å². The molecule has 66 valence electrons. The zero-order valence-corrected chi connectivity index (χ0v) is 7.15. The summed E-state index contributed by atoms with van der Waals surface area (Å²) >= 11 is 0. The van der Waals surface area contributed by atoms with Crippen molar-refractivity contribution in [2.75, 3.05) is 0 Å². The van der Waals surface area contributed by atoms with Crippen LogP contribution in [0.4, 0.5) is 0 Å². The Kier molecular flexibility index (Phi) is 1.99. The summed E-state index contributed by atoms with van der Waals surface area (Å²) in [5.41, 5.74) is -0.390. The second kappa shape index (κ2) is 2.44. The molecule has 4 unspecified atom stereocenters. The average molecular weight is 160 g/mol. The maximum atomic E-state index is 9.46. The minimum Gasteiger partial charge on any atom is -0.390 e. The average Bonchev–Trinajstić information content (AvgIpc) is 2.06.